The number of anilines is 1. The van der Waals surface area contributed by atoms with E-state index in [-0.39, 0.29) is 16.0 Å². The molecule has 0 atom stereocenters. The van der Waals surface area contributed by atoms with Crippen LogP contribution >= 0.6 is 11.6 Å². The lowest BCUT2D eigenvalue weighted by Gasteiger charge is -2.42. The zero-order valence-electron chi connectivity index (χ0n) is 16.4. The van der Waals surface area contributed by atoms with Crippen molar-refractivity contribution >= 4 is 27.4 Å². The molecule has 0 amide bonds. The summed E-state index contributed by atoms with van der Waals surface area (Å²) in [5.74, 6) is 0.351. The molecular formula is C18H21ClF3N5O3S. The molecular weight excluding hydrogens is 459 g/mol. The van der Waals surface area contributed by atoms with E-state index in [1.54, 1.807) is 0 Å². The van der Waals surface area contributed by atoms with Gasteiger partial charge in [-0.3, -0.25) is 4.90 Å². The number of halogens is 4. The highest BCUT2D eigenvalue weighted by atomic mass is 35.5. The molecule has 0 saturated carbocycles. The van der Waals surface area contributed by atoms with Crippen molar-refractivity contribution in [3.05, 3.63) is 35.3 Å². The van der Waals surface area contributed by atoms with E-state index in [1.807, 2.05) is 4.90 Å². The Balaban J connectivity index is 1.32. The van der Waals surface area contributed by atoms with Crippen LogP contribution in [0.1, 0.15) is 18.4 Å². The summed E-state index contributed by atoms with van der Waals surface area (Å²) < 4.78 is 69.7. The molecule has 0 spiro atoms. The Morgan fingerprint density at radius 3 is 2.29 bits per heavy atom. The molecule has 0 aromatic carbocycles. The summed E-state index contributed by atoms with van der Waals surface area (Å²) in [7, 11) is -3.59. The third-order valence-corrected chi connectivity index (χ3v) is 7.87. The van der Waals surface area contributed by atoms with Crippen LogP contribution in [0, 0.1) is 0 Å². The molecule has 0 bridgehead atoms. The lowest BCUT2D eigenvalue weighted by atomic mass is 10.0. The van der Waals surface area contributed by atoms with Gasteiger partial charge >= 0.3 is 6.18 Å². The molecule has 2 aromatic heterocycles. The van der Waals surface area contributed by atoms with E-state index >= 15 is 0 Å². The van der Waals surface area contributed by atoms with Gasteiger partial charge in [0.1, 0.15) is 17.0 Å². The van der Waals surface area contributed by atoms with Crippen molar-refractivity contribution < 1.29 is 26.1 Å². The largest absolute Gasteiger partial charge is 0.417 e. The van der Waals surface area contributed by atoms with Crippen molar-refractivity contribution in [1.29, 1.82) is 0 Å². The van der Waals surface area contributed by atoms with Crippen LogP contribution in [-0.4, -0.2) is 73.1 Å². The summed E-state index contributed by atoms with van der Waals surface area (Å²) >= 11 is 6.06. The maximum absolute atomic E-state index is 12.8. The lowest BCUT2D eigenvalue weighted by molar-refractivity contribution is -0.137. The molecule has 0 unspecified atom stereocenters. The number of alkyl halides is 3. The predicted octanol–water partition coefficient (Wildman–Crippen LogP) is 2.72. The van der Waals surface area contributed by atoms with Crippen molar-refractivity contribution in [2.45, 2.75) is 30.0 Å². The van der Waals surface area contributed by atoms with E-state index in [4.69, 9.17) is 11.6 Å². The van der Waals surface area contributed by atoms with E-state index < -0.39 is 21.8 Å². The first kappa shape index (κ1) is 22.3. The molecule has 0 radical (unpaired) electrons. The minimum Gasteiger partial charge on any atom is -0.363 e. The fraction of sp³-hybridized carbons (Fsp3) is 0.556. The first-order chi connectivity index (χ1) is 14.7. The number of pyridine rings is 1. The molecule has 170 valence electrons. The summed E-state index contributed by atoms with van der Waals surface area (Å²) in [5, 5.41) is 3.44. The molecule has 0 aliphatic carbocycles. The van der Waals surface area contributed by atoms with Crippen LogP contribution in [0.5, 0.6) is 0 Å². The number of piperidine rings is 1. The van der Waals surface area contributed by atoms with Crippen LogP contribution in [-0.2, 0) is 16.2 Å². The SMILES string of the molecule is O=S(=O)(c1cnoc1)N1CCC(N2CCN(c3ncc(C(F)(F)F)cc3Cl)CC2)CC1. The topological polar surface area (TPSA) is 82.8 Å². The third kappa shape index (κ3) is 4.66. The average molecular weight is 480 g/mol. The normalized spacial score (nSPS) is 20.3. The number of sulfonamides is 1. The molecule has 4 rings (SSSR count). The quantitative estimate of drug-likeness (QED) is 0.666. The molecule has 4 heterocycles. The smallest absolute Gasteiger partial charge is 0.363 e. The van der Waals surface area contributed by atoms with Crippen LogP contribution in [0.3, 0.4) is 0 Å². The number of nitrogens with zero attached hydrogens (tertiary/aromatic N) is 5. The Morgan fingerprint density at radius 1 is 1.06 bits per heavy atom. The summed E-state index contributed by atoms with van der Waals surface area (Å²) in [6, 6.07) is 1.15. The third-order valence-electron chi connectivity index (χ3n) is 5.75. The fourth-order valence-electron chi connectivity index (χ4n) is 4.04. The molecule has 31 heavy (non-hydrogen) atoms. The van der Waals surface area contributed by atoms with Gasteiger partial charge in [0.15, 0.2) is 0 Å². The number of piperazine rings is 1. The number of rotatable bonds is 4. The molecule has 2 aliphatic rings. The Labute approximate surface area is 182 Å². The van der Waals surface area contributed by atoms with Gasteiger partial charge in [0, 0.05) is 51.5 Å². The zero-order valence-corrected chi connectivity index (χ0v) is 18.0. The number of hydrogen-bond acceptors (Lipinski definition) is 7. The lowest BCUT2D eigenvalue weighted by Crippen LogP contribution is -2.54. The van der Waals surface area contributed by atoms with Gasteiger partial charge in [-0.2, -0.15) is 17.5 Å². The molecule has 0 N–H and O–H groups in total. The van der Waals surface area contributed by atoms with Gasteiger partial charge in [-0.1, -0.05) is 16.8 Å². The van der Waals surface area contributed by atoms with E-state index in [9.17, 15) is 21.6 Å². The van der Waals surface area contributed by atoms with Crippen LogP contribution in [0.4, 0.5) is 19.0 Å². The summed E-state index contributed by atoms with van der Waals surface area (Å²) in [5.41, 5.74) is -0.868. The van der Waals surface area contributed by atoms with Crippen molar-refractivity contribution in [3.8, 4) is 0 Å². The average Bonchev–Trinajstić information content (AvgIpc) is 3.29. The Kier molecular flexibility index (Phi) is 6.16. The monoisotopic (exact) mass is 479 g/mol. The van der Waals surface area contributed by atoms with Gasteiger partial charge in [0.2, 0.25) is 10.0 Å². The van der Waals surface area contributed by atoms with Crippen LogP contribution in [0.2, 0.25) is 5.02 Å². The fourth-order valence-corrected chi connectivity index (χ4v) is 5.65. The van der Waals surface area contributed by atoms with E-state index in [1.165, 1.54) is 10.5 Å². The van der Waals surface area contributed by atoms with Crippen LogP contribution in [0.15, 0.2) is 34.1 Å². The van der Waals surface area contributed by atoms with E-state index in [0.29, 0.717) is 57.9 Å². The standard InChI is InChI=1S/C18H21ClF3N5O3S/c19-16-9-13(18(20,21)22)10-23-17(16)26-7-5-25(6-8-26)14-1-3-27(4-2-14)31(28,29)15-11-24-30-12-15/h9-12,14H,1-8H2. The Hall–Kier alpha value is -1.89. The van der Waals surface area contributed by atoms with Gasteiger partial charge in [-0.15, -0.1) is 0 Å². The highest BCUT2D eigenvalue weighted by Gasteiger charge is 2.35. The minimum absolute atomic E-state index is 0.0180. The Morgan fingerprint density at radius 2 is 1.74 bits per heavy atom. The Bertz CT molecular complexity index is 1000. The highest BCUT2D eigenvalue weighted by Crippen LogP contribution is 2.34. The van der Waals surface area contributed by atoms with Crippen LogP contribution < -0.4 is 4.90 Å². The predicted molar refractivity (Wildman–Crippen MR) is 106 cm³/mol. The molecule has 8 nitrogen and oxygen atoms in total. The second kappa shape index (κ2) is 8.57. The van der Waals surface area contributed by atoms with Gasteiger partial charge in [0.05, 0.1) is 16.8 Å². The van der Waals surface area contributed by atoms with Gasteiger partial charge < -0.3 is 9.42 Å². The van der Waals surface area contributed by atoms with Crippen LogP contribution in [0.25, 0.3) is 0 Å². The summed E-state index contributed by atoms with van der Waals surface area (Å²) in [4.78, 5) is 8.16. The molecule has 13 heteroatoms. The first-order valence-corrected chi connectivity index (χ1v) is 11.6. The van der Waals surface area contributed by atoms with E-state index in [0.717, 1.165) is 18.5 Å². The maximum atomic E-state index is 12.8. The van der Waals surface area contributed by atoms with Crippen molar-refractivity contribution in [2.24, 2.45) is 0 Å². The zero-order chi connectivity index (χ0) is 22.2. The number of aromatic nitrogens is 2. The summed E-state index contributed by atoms with van der Waals surface area (Å²) in [6.45, 7) is 3.37. The van der Waals surface area contributed by atoms with Gasteiger partial charge in [-0.25, -0.2) is 13.4 Å². The first-order valence-electron chi connectivity index (χ1n) is 9.77. The second-order valence-electron chi connectivity index (χ2n) is 7.55. The number of hydrogen-bond donors (Lipinski definition) is 0. The van der Waals surface area contributed by atoms with E-state index in [2.05, 4.69) is 19.6 Å². The molecule has 2 aromatic rings. The van der Waals surface area contributed by atoms with Gasteiger partial charge in [0.25, 0.3) is 0 Å². The molecule has 2 saturated heterocycles. The summed E-state index contributed by atoms with van der Waals surface area (Å²) in [6.07, 6.45) is 0.0410. The van der Waals surface area contributed by atoms with Gasteiger partial charge in [-0.05, 0) is 18.9 Å². The maximum Gasteiger partial charge on any atom is 0.417 e. The molecule has 2 aliphatic heterocycles. The minimum atomic E-state index is -4.48. The van der Waals surface area contributed by atoms with Crippen molar-refractivity contribution in [3.63, 3.8) is 0 Å². The second-order valence-corrected chi connectivity index (χ2v) is 9.89. The van der Waals surface area contributed by atoms with Crippen molar-refractivity contribution in [2.75, 3.05) is 44.2 Å². The molecule has 2 fully saturated rings. The highest BCUT2D eigenvalue weighted by molar-refractivity contribution is 7.89. The van der Waals surface area contributed by atoms with Crippen molar-refractivity contribution in [1.82, 2.24) is 19.3 Å².